The largest absolute Gasteiger partial charge is 0.362 e. The van der Waals surface area contributed by atoms with Crippen molar-refractivity contribution >= 4 is 34.1 Å². The van der Waals surface area contributed by atoms with Crippen LogP contribution < -0.4 is 10.6 Å². The van der Waals surface area contributed by atoms with Crippen LogP contribution in [-0.2, 0) is 6.54 Å². The molecule has 0 aliphatic rings. The average molecular weight is 353 g/mol. The summed E-state index contributed by atoms with van der Waals surface area (Å²) in [6, 6.07) is 16.6. The van der Waals surface area contributed by atoms with E-state index in [0.29, 0.717) is 11.0 Å². The molecule has 0 saturated carbocycles. The number of thiocarbonyl (C=S) groups is 1. The van der Waals surface area contributed by atoms with Crippen LogP contribution in [0.2, 0.25) is 0 Å². The molecule has 2 N–H and O–H groups in total. The van der Waals surface area contributed by atoms with Crippen LogP contribution in [0.4, 0.5) is 5.69 Å². The molecule has 1 aromatic heterocycles. The fraction of sp³-hybridized carbons (Fsp3) is 0.300. The number of benzene rings is 2. The smallest absolute Gasteiger partial charge is 0.170 e. The quantitative estimate of drug-likeness (QED) is 0.505. The molecule has 1 heterocycles. The number of hydrogen-bond donors (Lipinski definition) is 2. The summed E-state index contributed by atoms with van der Waals surface area (Å²) in [6.45, 7) is 6.12. The zero-order chi connectivity index (χ0) is 17.6. The summed E-state index contributed by atoms with van der Waals surface area (Å²) in [5, 5.41) is 7.16. The van der Waals surface area contributed by atoms with Crippen LogP contribution in [0.15, 0.2) is 54.9 Å². The van der Waals surface area contributed by atoms with Crippen molar-refractivity contribution in [2.45, 2.75) is 32.7 Å². The van der Waals surface area contributed by atoms with Crippen molar-refractivity contribution < 1.29 is 0 Å². The lowest BCUT2D eigenvalue weighted by molar-refractivity contribution is 0.645. The molecule has 3 rings (SSSR count). The minimum Gasteiger partial charge on any atom is -0.362 e. The van der Waals surface area contributed by atoms with Crippen LogP contribution in [0.3, 0.4) is 0 Å². The molecule has 25 heavy (non-hydrogen) atoms. The zero-order valence-electron chi connectivity index (χ0n) is 14.7. The monoisotopic (exact) mass is 352 g/mol. The SMILES string of the molecule is CC(C)c1ccc(NC(=S)NCCCn2cnc3ccccc32)cc1. The van der Waals surface area contributed by atoms with Crippen LogP contribution in [0.25, 0.3) is 11.0 Å². The topological polar surface area (TPSA) is 41.9 Å². The Morgan fingerprint density at radius 2 is 1.88 bits per heavy atom. The molecule has 0 aliphatic heterocycles. The fourth-order valence-electron chi connectivity index (χ4n) is 2.77. The maximum Gasteiger partial charge on any atom is 0.170 e. The average Bonchev–Trinajstić information content (AvgIpc) is 3.02. The van der Waals surface area contributed by atoms with E-state index in [2.05, 4.69) is 64.4 Å². The van der Waals surface area contributed by atoms with E-state index in [1.54, 1.807) is 0 Å². The zero-order valence-corrected chi connectivity index (χ0v) is 15.5. The van der Waals surface area contributed by atoms with Crippen molar-refractivity contribution in [3.63, 3.8) is 0 Å². The molecule has 0 aliphatic carbocycles. The van der Waals surface area contributed by atoms with Gasteiger partial charge in [-0.05, 0) is 54.4 Å². The van der Waals surface area contributed by atoms with Crippen molar-refractivity contribution in [3.05, 3.63) is 60.4 Å². The molecule has 130 valence electrons. The Balaban J connectivity index is 1.43. The third-order valence-electron chi connectivity index (χ3n) is 4.22. The third-order valence-corrected chi connectivity index (χ3v) is 4.47. The third kappa shape index (κ3) is 4.57. The van der Waals surface area contributed by atoms with Gasteiger partial charge in [0.25, 0.3) is 0 Å². The van der Waals surface area contributed by atoms with Gasteiger partial charge in [0.05, 0.1) is 17.4 Å². The second kappa shape index (κ2) is 8.12. The highest BCUT2D eigenvalue weighted by Gasteiger charge is 2.02. The molecule has 0 fully saturated rings. The van der Waals surface area contributed by atoms with Gasteiger partial charge < -0.3 is 15.2 Å². The van der Waals surface area contributed by atoms with Crippen LogP contribution >= 0.6 is 12.2 Å². The number of aryl methyl sites for hydroxylation is 1. The Labute approximate surface area is 154 Å². The molecule has 0 amide bonds. The molecule has 2 aromatic carbocycles. The van der Waals surface area contributed by atoms with Crippen molar-refractivity contribution in [2.24, 2.45) is 0 Å². The molecule has 0 radical (unpaired) electrons. The first-order chi connectivity index (χ1) is 12.1. The maximum absolute atomic E-state index is 5.37. The van der Waals surface area contributed by atoms with E-state index in [-0.39, 0.29) is 0 Å². The number of imidazole rings is 1. The van der Waals surface area contributed by atoms with Crippen molar-refractivity contribution in [1.29, 1.82) is 0 Å². The van der Waals surface area contributed by atoms with Gasteiger partial charge in [0.1, 0.15) is 0 Å². The Morgan fingerprint density at radius 3 is 2.64 bits per heavy atom. The predicted octanol–water partition coefficient (Wildman–Crippen LogP) is 4.54. The second-order valence-electron chi connectivity index (χ2n) is 6.44. The molecular weight excluding hydrogens is 328 g/mol. The van der Waals surface area contributed by atoms with E-state index in [1.807, 2.05) is 24.5 Å². The number of anilines is 1. The van der Waals surface area contributed by atoms with E-state index in [0.717, 1.165) is 30.7 Å². The summed E-state index contributed by atoms with van der Waals surface area (Å²) in [5.41, 5.74) is 4.56. The normalized spacial score (nSPS) is 11.0. The maximum atomic E-state index is 5.37. The van der Waals surface area contributed by atoms with E-state index < -0.39 is 0 Å². The molecule has 0 unspecified atom stereocenters. The minimum absolute atomic E-state index is 0.540. The van der Waals surface area contributed by atoms with Crippen LogP contribution in [0.5, 0.6) is 0 Å². The summed E-state index contributed by atoms with van der Waals surface area (Å²) in [6.07, 6.45) is 2.88. The number of rotatable bonds is 6. The number of para-hydroxylation sites is 2. The van der Waals surface area contributed by atoms with Gasteiger partial charge in [0, 0.05) is 18.8 Å². The van der Waals surface area contributed by atoms with Gasteiger partial charge in [-0.15, -0.1) is 0 Å². The molecule has 0 bridgehead atoms. The minimum atomic E-state index is 0.540. The number of nitrogens with zero attached hydrogens (tertiary/aromatic N) is 2. The molecule has 4 nitrogen and oxygen atoms in total. The van der Waals surface area contributed by atoms with Gasteiger partial charge in [-0.2, -0.15) is 0 Å². The molecule has 3 aromatic rings. The Kier molecular flexibility index (Phi) is 5.66. The first kappa shape index (κ1) is 17.4. The predicted molar refractivity (Wildman–Crippen MR) is 109 cm³/mol. The summed E-state index contributed by atoms with van der Waals surface area (Å²) < 4.78 is 2.18. The number of nitrogens with one attached hydrogen (secondary N) is 2. The van der Waals surface area contributed by atoms with Gasteiger partial charge in [0.15, 0.2) is 5.11 Å². The van der Waals surface area contributed by atoms with Gasteiger partial charge >= 0.3 is 0 Å². The first-order valence-electron chi connectivity index (χ1n) is 8.68. The van der Waals surface area contributed by atoms with E-state index in [9.17, 15) is 0 Å². The van der Waals surface area contributed by atoms with Crippen molar-refractivity contribution in [1.82, 2.24) is 14.9 Å². The van der Waals surface area contributed by atoms with Gasteiger partial charge in [-0.25, -0.2) is 4.98 Å². The van der Waals surface area contributed by atoms with Crippen LogP contribution in [-0.4, -0.2) is 21.2 Å². The lowest BCUT2D eigenvalue weighted by atomic mass is 10.0. The van der Waals surface area contributed by atoms with Gasteiger partial charge in [-0.3, -0.25) is 0 Å². The number of fused-ring (bicyclic) bond motifs is 1. The van der Waals surface area contributed by atoms with Crippen molar-refractivity contribution in [3.8, 4) is 0 Å². The highest BCUT2D eigenvalue weighted by molar-refractivity contribution is 7.80. The van der Waals surface area contributed by atoms with E-state index in [1.165, 1.54) is 11.1 Å². The standard InChI is InChI=1S/C20H24N4S/c1-15(2)16-8-10-17(11-9-16)23-20(25)21-12-5-13-24-14-22-18-6-3-4-7-19(18)24/h3-4,6-11,14-15H,5,12-13H2,1-2H3,(H2,21,23,25). The summed E-state index contributed by atoms with van der Waals surface area (Å²) in [7, 11) is 0. The summed E-state index contributed by atoms with van der Waals surface area (Å²) in [4.78, 5) is 4.41. The number of hydrogen-bond acceptors (Lipinski definition) is 2. The van der Waals surface area contributed by atoms with Gasteiger partial charge in [0.2, 0.25) is 0 Å². The molecule has 0 atom stereocenters. The first-order valence-corrected chi connectivity index (χ1v) is 9.09. The Hall–Kier alpha value is -2.40. The second-order valence-corrected chi connectivity index (χ2v) is 6.85. The highest BCUT2D eigenvalue weighted by Crippen LogP contribution is 2.17. The lowest BCUT2D eigenvalue weighted by Crippen LogP contribution is -2.29. The van der Waals surface area contributed by atoms with Crippen molar-refractivity contribution in [2.75, 3.05) is 11.9 Å². The molecule has 5 heteroatoms. The molecule has 0 saturated heterocycles. The highest BCUT2D eigenvalue weighted by atomic mass is 32.1. The molecular formula is C20H24N4S. The fourth-order valence-corrected chi connectivity index (χ4v) is 2.99. The van der Waals surface area contributed by atoms with E-state index in [4.69, 9.17) is 12.2 Å². The van der Waals surface area contributed by atoms with Crippen LogP contribution in [0, 0.1) is 0 Å². The lowest BCUT2D eigenvalue weighted by Gasteiger charge is -2.12. The Bertz CT molecular complexity index is 836. The summed E-state index contributed by atoms with van der Waals surface area (Å²) in [5.74, 6) is 0.540. The van der Waals surface area contributed by atoms with E-state index >= 15 is 0 Å². The Morgan fingerprint density at radius 1 is 1.12 bits per heavy atom. The summed E-state index contributed by atoms with van der Waals surface area (Å²) >= 11 is 5.37. The number of aromatic nitrogens is 2. The molecule has 0 spiro atoms. The van der Waals surface area contributed by atoms with Crippen LogP contribution in [0.1, 0.15) is 31.7 Å². The van der Waals surface area contributed by atoms with Gasteiger partial charge in [-0.1, -0.05) is 38.1 Å².